The van der Waals surface area contributed by atoms with Crippen molar-refractivity contribution in [3.63, 3.8) is 0 Å². The molecule has 162 valence electrons. The number of hydrogen-bond acceptors (Lipinski definition) is 4. The van der Waals surface area contributed by atoms with Crippen LogP contribution in [0, 0.1) is 5.92 Å². The summed E-state index contributed by atoms with van der Waals surface area (Å²) in [4.78, 5) is 39.0. The van der Waals surface area contributed by atoms with Gasteiger partial charge in [-0.15, -0.1) is 0 Å². The van der Waals surface area contributed by atoms with E-state index in [1.54, 1.807) is 12.1 Å². The Kier molecular flexibility index (Phi) is 6.21. The number of hydrogen-bond donors (Lipinski definition) is 3. The summed E-state index contributed by atoms with van der Waals surface area (Å²) in [5, 5.41) is 5.88. The number of nitrogens with one attached hydrogen (secondary N) is 2. The molecule has 7 heteroatoms. The highest BCUT2D eigenvalue weighted by molar-refractivity contribution is 6.00. The molecule has 2 aliphatic heterocycles. The van der Waals surface area contributed by atoms with Crippen LogP contribution in [-0.4, -0.2) is 30.8 Å². The maximum atomic E-state index is 12.7. The van der Waals surface area contributed by atoms with E-state index in [2.05, 4.69) is 15.5 Å². The lowest BCUT2D eigenvalue weighted by Gasteiger charge is -2.31. The summed E-state index contributed by atoms with van der Waals surface area (Å²) in [5.41, 5.74) is 9.25. The number of fused-ring (bicyclic) bond motifs is 1. The van der Waals surface area contributed by atoms with Gasteiger partial charge in [-0.05, 0) is 61.9 Å². The summed E-state index contributed by atoms with van der Waals surface area (Å²) >= 11 is 0. The molecule has 1 unspecified atom stereocenters. The fraction of sp³-hybridized carbons (Fsp3) is 0.375. The van der Waals surface area contributed by atoms with Crippen molar-refractivity contribution in [1.82, 2.24) is 0 Å². The van der Waals surface area contributed by atoms with Crippen molar-refractivity contribution >= 4 is 34.8 Å². The molecule has 3 amide bonds. The Balaban J connectivity index is 1.43. The SMILES string of the molecule is NC(=O)c1ccc(N2CCCCC2)c(NC(=O)CCC2Cc3ccccc3NC2=O)c1. The Bertz CT molecular complexity index is 998. The van der Waals surface area contributed by atoms with Crippen LogP contribution in [0.5, 0.6) is 0 Å². The summed E-state index contributed by atoms with van der Waals surface area (Å²) < 4.78 is 0. The molecule has 0 bridgehead atoms. The molecular formula is C24H28N4O3. The Morgan fingerprint density at radius 1 is 1.10 bits per heavy atom. The van der Waals surface area contributed by atoms with Crippen LogP contribution in [0.2, 0.25) is 0 Å². The van der Waals surface area contributed by atoms with Crippen LogP contribution in [0.4, 0.5) is 17.1 Å². The van der Waals surface area contributed by atoms with Gasteiger partial charge in [-0.1, -0.05) is 18.2 Å². The van der Waals surface area contributed by atoms with Gasteiger partial charge in [-0.25, -0.2) is 0 Å². The van der Waals surface area contributed by atoms with Crippen LogP contribution in [0.3, 0.4) is 0 Å². The van der Waals surface area contributed by atoms with E-state index >= 15 is 0 Å². The van der Waals surface area contributed by atoms with Crippen LogP contribution in [-0.2, 0) is 16.0 Å². The molecule has 1 atom stereocenters. The lowest BCUT2D eigenvalue weighted by atomic mass is 9.89. The average molecular weight is 421 g/mol. The van der Waals surface area contributed by atoms with E-state index in [9.17, 15) is 14.4 Å². The van der Waals surface area contributed by atoms with E-state index in [1.807, 2.05) is 30.3 Å². The smallest absolute Gasteiger partial charge is 0.248 e. The Morgan fingerprint density at radius 2 is 1.87 bits per heavy atom. The maximum Gasteiger partial charge on any atom is 0.248 e. The van der Waals surface area contributed by atoms with Gasteiger partial charge >= 0.3 is 0 Å². The molecule has 0 saturated carbocycles. The van der Waals surface area contributed by atoms with E-state index in [0.29, 0.717) is 24.1 Å². The van der Waals surface area contributed by atoms with E-state index in [0.717, 1.165) is 42.9 Å². The number of nitrogens with two attached hydrogens (primary N) is 1. The highest BCUT2D eigenvalue weighted by Gasteiger charge is 2.26. The summed E-state index contributed by atoms with van der Waals surface area (Å²) in [6.07, 6.45) is 4.71. The Labute approximate surface area is 182 Å². The predicted molar refractivity (Wildman–Crippen MR) is 121 cm³/mol. The number of primary amides is 1. The number of para-hydroxylation sites is 1. The zero-order valence-electron chi connectivity index (χ0n) is 17.5. The first-order chi connectivity index (χ1) is 15.0. The minimum absolute atomic E-state index is 0.0452. The largest absolute Gasteiger partial charge is 0.370 e. The number of carbonyl (C=O) groups excluding carboxylic acids is 3. The first-order valence-corrected chi connectivity index (χ1v) is 10.9. The standard InChI is InChI=1S/C24H28N4O3/c25-23(30)17-8-10-21(28-12-4-1-5-13-28)20(15-17)26-22(29)11-9-18-14-16-6-2-3-7-19(16)27-24(18)31/h2-3,6-8,10,15,18H,1,4-5,9,11-14H2,(H2,25,30)(H,26,29)(H,27,31). The third-order valence-corrected chi connectivity index (χ3v) is 6.08. The van der Waals surface area contributed by atoms with Gasteiger partial charge in [0, 0.05) is 36.7 Å². The first-order valence-electron chi connectivity index (χ1n) is 10.9. The van der Waals surface area contributed by atoms with Crippen molar-refractivity contribution in [2.24, 2.45) is 11.7 Å². The molecule has 2 heterocycles. The van der Waals surface area contributed by atoms with Gasteiger partial charge in [0.25, 0.3) is 0 Å². The van der Waals surface area contributed by atoms with Crippen LogP contribution in [0.25, 0.3) is 0 Å². The lowest BCUT2D eigenvalue weighted by Crippen LogP contribution is -2.31. The van der Waals surface area contributed by atoms with Crippen LogP contribution >= 0.6 is 0 Å². The van der Waals surface area contributed by atoms with E-state index in [4.69, 9.17) is 5.73 Å². The van der Waals surface area contributed by atoms with Gasteiger partial charge in [0.2, 0.25) is 17.7 Å². The molecule has 0 radical (unpaired) electrons. The fourth-order valence-electron chi connectivity index (χ4n) is 4.36. The van der Waals surface area contributed by atoms with Crippen molar-refractivity contribution in [2.45, 2.75) is 38.5 Å². The van der Waals surface area contributed by atoms with Gasteiger partial charge in [-0.3, -0.25) is 14.4 Å². The van der Waals surface area contributed by atoms with Crippen molar-refractivity contribution in [3.05, 3.63) is 53.6 Å². The quantitative estimate of drug-likeness (QED) is 0.667. The number of carbonyl (C=O) groups is 3. The van der Waals surface area contributed by atoms with Gasteiger partial charge < -0.3 is 21.3 Å². The second-order valence-electron chi connectivity index (χ2n) is 8.28. The van der Waals surface area contributed by atoms with Crippen molar-refractivity contribution in [2.75, 3.05) is 28.6 Å². The molecule has 4 rings (SSSR count). The summed E-state index contributed by atoms with van der Waals surface area (Å²) in [6.45, 7) is 1.83. The number of benzene rings is 2. The number of anilines is 3. The number of piperidine rings is 1. The van der Waals surface area contributed by atoms with Crippen molar-refractivity contribution in [3.8, 4) is 0 Å². The summed E-state index contributed by atoms with van der Waals surface area (Å²) in [5.74, 6) is -0.986. The second kappa shape index (κ2) is 9.20. The van der Waals surface area contributed by atoms with Gasteiger partial charge in [0.15, 0.2) is 0 Å². The lowest BCUT2D eigenvalue weighted by molar-refractivity contribution is -0.121. The third-order valence-electron chi connectivity index (χ3n) is 6.08. The van der Waals surface area contributed by atoms with E-state index in [-0.39, 0.29) is 24.2 Å². The highest BCUT2D eigenvalue weighted by atomic mass is 16.2. The summed E-state index contributed by atoms with van der Waals surface area (Å²) in [6, 6.07) is 12.9. The molecule has 0 spiro atoms. The maximum absolute atomic E-state index is 12.7. The van der Waals surface area contributed by atoms with Crippen LogP contribution in [0.1, 0.15) is 48.0 Å². The normalized spacial score (nSPS) is 18.1. The number of amides is 3. The second-order valence-corrected chi connectivity index (χ2v) is 8.28. The van der Waals surface area contributed by atoms with Crippen molar-refractivity contribution < 1.29 is 14.4 Å². The molecule has 4 N–H and O–H groups in total. The van der Waals surface area contributed by atoms with Gasteiger partial charge in [-0.2, -0.15) is 0 Å². The molecule has 2 aromatic rings. The molecule has 1 saturated heterocycles. The molecule has 2 aromatic carbocycles. The Hall–Kier alpha value is -3.35. The third kappa shape index (κ3) is 4.87. The molecule has 2 aliphatic rings. The number of nitrogens with zero attached hydrogens (tertiary/aromatic N) is 1. The monoisotopic (exact) mass is 420 g/mol. The van der Waals surface area contributed by atoms with E-state index in [1.165, 1.54) is 6.42 Å². The van der Waals surface area contributed by atoms with Crippen molar-refractivity contribution in [1.29, 1.82) is 0 Å². The topological polar surface area (TPSA) is 105 Å². The van der Waals surface area contributed by atoms with Crippen LogP contribution < -0.4 is 21.3 Å². The zero-order valence-corrected chi connectivity index (χ0v) is 17.5. The molecule has 0 aliphatic carbocycles. The zero-order chi connectivity index (χ0) is 21.8. The molecule has 7 nitrogen and oxygen atoms in total. The van der Waals surface area contributed by atoms with Gasteiger partial charge in [0.1, 0.15) is 0 Å². The Morgan fingerprint density at radius 3 is 2.65 bits per heavy atom. The van der Waals surface area contributed by atoms with Gasteiger partial charge in [0.05, 0.1) is 11.4 Å². The summed E-state index contributed by atoms with van der Waals surface area (Å²) in [7, 11) is 0. The first kappa shape index (κ1) is 20.9. The molecule has 0 aromatic heterocycles. The minimum Gasteiger partial charge on any atom is -0.370 e. The van der Waals surface area contributed by atoms with Crippen LogP contribution in [0.15, 0.2) is 42.5 Å². The minimum atomic E-state index is -0.529. The highest BCUT2D eigenvalue weighted by Crippen LogP contribution is 2.31. The average Bonchev–Trinajstić information content (AvgIpc) is 2.78. The molecule has 1 fully saturated rings. The molecule has 31 heavy (non-hydrogen) atoms. The molecular weight excluding hydrogens is 392 g/mol. The van der Waals surface area contributed by atoms with E-state index < -0.39 is 5.91 Å². The number of rotatable bonds is 6. The predicted octanol–water partition coefficient (Wildman–Crippen LogP) is 3.31. The fourth-order valence-corrected chi connectivity index (χ4v) is 4.36.